The van der Waals surface area contributed by atoms with E-state index in [9.17, 15) is 9.90 Å². The van der Waals surface area contributed by atoms with E-state index in [4.69, 9.17) is 21.1 Å². The van der Waals surface area contributed by atoms with Crippen LogP contribution in [0, 0.1) is 5.82 Å². The molecule has 2 aromatic carbocycles. The largest absolute Gasteiger partial charge is 0.493 e. The van der Waals surface area contributed by atoms with Gasteiger partial charge in [0.1, 0.15) is 11.9 Å². The van der Waals surface area contributed by atoms with Crippen LogP contribution >= 0.6 is 11.6 Å². The minimum atomic E-state index is -1.28. The summed E-state index contributed by atoms with van der Waals surface area (Å²) < 4.78 is 32.0. The summed E-state index contributed by atoms with van der Waals surface area (Å²) in [6, 6.07) is 11.1. The molecule has 0 saturated carbocycles. The molecule has 0 fully saturated rings. The molecule has 0 saturated heterocycles. The second-order valence-corrected chi connectivity index (χ2v) is 6.91. The monoisotopic (exact) mass is 445 g/mol. The molecule has 1 aromatic heterocycles. The first-order chi connectivity index (χ1) is 14.9. The molecule has 0 aliphatic heterocycles. The van der Waals surface area contributed by atoms with Crippen molar-refractivity contribution < 1.29 is 28.5 Å². The Labute approximate surface area is 184 Å². The van der Waals surface area contributed by atoms with Crippen molar-refractivity contribution in [3.05, 3.63) is 82.4 Å². The molecule has 0 radical (unpaired) electrons. The standard InChI is InChI=1S/C23H21ClFNO5/c1-29-19-8-4-7-16(23(19)31-3)22(28)17-12-14(24)13-18(25)21(17)26-11-5-6-15(26)9-10-20(27)30-2/h4-13,22,28H,1-3H3. The van der Waals surface area contributed by atoms with Crippen LogP contribution in [0.5, 0.6) is 11.5 Å². The summed E-state index contributed by atoms with van der Waals surface area (Å²) in [7, 11) is 4.20. The highest BCUT2D eigenvalue weighted by Crippen LogP contribution is 2.40. The number of hydrogen-bond donors (Lipinski definition) is 1. The molecule has 3 aromatic rings. The highest BCUT2D eigenvalue weighted by molar-refractivity contribution is 6.30. The third-order valence-electron chi connectivity index (χ3n) is 4.69. The molecule has 0 aliphatic rings. The SMILES string of the molecule is COC(=O)C=Cc1cccn1-c1c(F)cc(Cl)cc1C(O)c1cccc(OC)c1OC. The van der Waals surface area contributed by atoms with Crippen molar-refractivity contribution >= 4 is 23.6 Å². The number of carbonyl (C=O) groups is 1. The van der Waals surface area contributed by atoms with Crippen molar-refractivity contribution in [2.45, 2.75) is 6.10 Å². The number of ether oxygens (including phenoxy) is 3. The van der Waals surface area contributed by atoms with Crippen molar-refractivity contribution in [3.63, 3.8) is 0 Å². The van der Waals surface area contributed by atoms with Crippen LogP contribution in [0.4, 0.5) is 4.39 Å². The maximum absolute atomic E-state index is 15.1. The molecule has 0 bridgehead atoms. The van der Waals surface area contributed by atoms with Crippen molar-refractivity contribution in [3.8, 4) is 17.2 Å². The number of rotatable bonds is 7. The van der Waals surface area contributed by atoms with Gasteiger partial charge in [-0.15, -0.1) is 0 Å². The lowest BCUT2D eigenvalue weighted by Crippen LogP contribution is -2.10. The van der Waals surface area contributed by atoms with E-state index in [1.165, 1.54) is 44.1 Å². The van der Waals surface area contributed by atoms with Crippen molar-refractivity contribution in [1.29, 1.82) is 0 Å². The minimum absolute atomic E-state index is 0.0799. The van der Waals surface area contributed by atoms with Crippen LogP contribution < -0.4 is 9.47 Å². The highest BCUT2D eigenvalue weighted by Gasteiger charge is 2.25. The first-order valence-corrected chi connectivity index (χ1v) is 9.60. The highest BCUT2D eigenvalue weighted by atomic mass is 35.5. The quantitative estimate of drug-likeness (QED) is 0.426. The van der Waals surface area contributed by atoms with Crippen molar-refractivity contribution in [2.75, 3.05) is 21.3 Å². The van der Waals surface area contributed by atoms with E-state index < -0.39 is 17.9 Å². The van der Waals surface area contributed by atoms with Crippen molar-refractivity contribution in [1.82, 2.24) is 4.57 Å². The van der Waals surface area contributed by atoms with Gasteiger partial charge in [0, 0.05) is 34.1 Å². The lowest BCUT2D eigenvalue weighted by atomic mass is 9.98. The fourth-order valence-electron chi connectivity index (χ4n) is 3.30. The minimum Gasteiger partial charge on any atom is -0.493 e. The van der Waals surface area contributed by atoms with Gasteiger partial charge in [-0.3, -0.25) is 0 Å². The number of benzene rings is 2. The van der Waals surface area contributed by atoms with Crippen LogP contribution in [-0.2, 0) is 9.53 Å². The van der Waals surface area contributed by atoms with E-state index in [0.717, 1.165) is 6.07 Å². The Hall–Kier alpha value is -3.29. The van der Waals surface area contributed by atoms with Crippen molar-refractivity contribution in [2.24, 2.45) is 0 Å². The first-order valence-electron chi connectivity index (χ1n) is 9.22. The number of para-hydroxylation sites is 1. The Kier molecular flexibility index (Phi) is 6.99. The van der Waals surface area contributed by atoms with Gasteiger partial charge in [-0.05, 0) is 36.4 Å². The summed E-state index contributed by atoms with van der Waals surface area (Å²) in [4.78, 5) is 11.5. The van der Waals surface area contributed by atoms with Gasteiger partial charge < -0.3 is 23.9 Å². The Balaban J connectivity index is 2.19. The number of hydrogen-bond acceptors (Lipinski definition) is 5. The second kappa shape index (κ2) is 9.68. The molecule has 162 valence electrons. The smallest absolute Gasteiger partial charge is 0.330 e. The molecule has 1 heterocycles. The van der Waals surface area contributed by atoms with E-state index in [1.54, 1.807) is 36.5 Å². The Bertz CT molecular complexity index is 1130. The number of nitrogens with zero attached hydrogens (tertiary/aromatic N) is 1. The predicted molar refractivity (Wildman–Crippen MR) is 115 cm³/mol. The number of aromatic nitrogens is 1. The van der Waals surface area contributed by atoms with Gasteiger partial charge in [-0.2, -0.15) is 0 Å². The summed E-state index contributed by atoms with van der Waals surface area (Å²) in [6.07, 6.45) is 3.04. The third kappa shape index (κ3) is 4.57. The van der Waals surface area contributed by atoms with Crippen LogP contribution in [0.25, 0.3) is 11.8 Å². The summed E-state index contributed by atoms with van der Waals surface area (Å²) in [6.45, 7) is 0. The zero-order valence-corrected chi connectivity index (χ0v) is 17.9. The molecule has 0 amide bonds. The number of carbonyl (C=O) groups excluding carboxylic acids is 1. The Morgan fingerprint density at radius 2 is 1.90 bits per heavy atom. The molecular formula is C23H21ClFNO5. The van der Waals surface area contributed by atoms with Crippen LogP contribution in [0.15, 0.2) is 54.7 Å². The molecule has 31 heavy (non-hydrogen) atoms. The fraction of sp³-hybridized carbons (Fsp3) is 0.174. The zero-order chi connectivity index (χ0) is 22.5. The molecule has 0 aliphatic carbocycles. The van der Waals surface area contributed by atoms with Gasteiger partial charge in [0.05, 0.1) is 27.0 Å². The summed E-state index contributed by atoms with van der Waals surface area (Å²) in [5.41, 5.74) is 1.16. The average Bonchev–Trinajstić information content (AvgIpc) is 3.23. The molecule has 0 spiro atoms. The number of esters is 1. The van der Waals surface area contributed by atoms with Gasteiger partial charge in [0.15, 0.2) is 11.5 Å². The fourth-order valence-corrected chi connectivity index (χ4v) is 3.51. The molecule has 8 heteroatoms. The lowest BCUT2D eigenvalue weighted by molar-refractivity contribution is -0.134. The number of aliphatic hydroxyl groups excluding tert-OH is 1. The second-order valence-electron chi connectivity index (χ2n) is 6.47. The van der Waals surface area contributed by atoms with Crippen LogP contribution in [0.1, 0.15) is 22.9 Å². The summed E-state index contributed by atoms with van der Waals surface area (Å²) >= 11 is 6.12. The first kappa shape index (κ1) is 22.4. The van der Waals surface area contributed by atoms with Crippen LogP contribution in [-0.4, -0.2) is 37.0 Å². The molecule has 3 rings (SSSR count). The third-order valence-corrected chi connectivity index (χ3v) is 4.91. The maximum Gasteiger partial charge on any atom is 0.330 e. The molecule has 6 nitrogen and oxygen atoms in total. The summed E-state index contributed by atoms with van der Waals surface area (Å²) in [5.74, 6) is -0.453. The van der Waals surface area contributed by atoms with Gasteiger partial charge in [-0.25, -0.2) is 9.18 Å². The normalized spacial score (nSPS) is 12.1. The molecule has 1 atom stereocenters. The topological polar surface area (TPSA) is 69.9 Å². The maximum atomic E-state index is 15.1. The molecule has 1 N–H and O–H groups in total. The van der Waals surface area contributed by atoms with Gasteiger partial charge in [0.2, 0.25) is 0 Å². The van der Waals surface area contributed by atoms with E-state index in [1.807, 2.05) is 0 Å². The number of halogens is 2. The molecular weight excluding hydrogens is 425 g/mol. The van der Waals surface area contributed by atoms with Gasteiger partial charge in [-0.1, -0.05) is 23.7 Å². The lowest BCUT2D eigenvalue weighted by Gasteiger charge is -2.21. The predicted octanol–water partition coefficient (Wildman–Crippen LogP) is 4.55. The Morgan fingerprint density at radius 1 is 1.13 bits per heavy atom. The van der Waals surface area contributed by atoms with Gasteiger partial charge in [0.25, 0.3) is 0 Å². The Morgan fingerprint density at radius 3 is 2.58 bits per heavy atom. The van der Waals surface area contributed by atoms with Gasteiger partial charge >= 0.3 is 5.97 Å². The van der Waals surface area contributed by atoms with Crippen LogP contribution in [0.3, 0.4) is 0 Å². The van der Waals surface area contributed by atoms with E-state index >= 15 is 4.39 Å². The number of aliphatic hydroxyl groups is 1. The van der Waals surface area contributed by atoms with Crippen LogP contribution in [0.2, 0.25) is 5.02 Å². The molecule has 1 unspecified atom stereocenters. The van der Waals surface area contributed by atoms with E-state index in [0.29, 0.717) is 22.8 Å². The van der Waals surface area contributed by atoms with E-state index in [-0.39, 0.29) is 16.3 Å². The van der Waals surface area contributed by atoms with E-state index in [2.05, 4.69) is 4.74 Å². The average molecular weight is 446 g/mol. The zero-order valence-electron chi connectivity index (χ0n) is 17.1. The summed E-state index contributed by atoms with van der Waals surface area (Å²) in [5, 5.41) is 11.4. The number of methoxy groups -OCH3 is 3.